The van der Waals surface area contributed by atoms with Gasteiger partial charge >= 0.3 is 0 Å². The zero-order chi connectivity index (χ0) is 17.2. The number of nitrogens with one attached hydrogen (secondary N) is 2. The van der Waals surface area contributed by atoms with Gasteiger partial charge in [-0.2, -0.15) is 5.10 Å². The Bertz CT molecular complexity index is 557. The van der Waals surface area contributed by atoms with Crippen LogP contribution in [0.15, 0.2) is 23.3 Å². The van der Waals surface area contributed by atoms with Gasteiger partial charge in [0, 0.05) is 17.7 Å². The summed E-state index contributed by atoms with van der Waals surface area (Å²) >= 11 is 5.30. The predicted octanol–water partition coefficient (Wildman–Crippen LogP) is 3.61. The third-order valence-electron chi connectivity index (χ3n) is 3.91. The van der Waals surface area contributed by atoms with E-state index in [1.807, 2.05) is 32.0 Å². The maximum atomic E-state index is 5.66. The highest BCUT2D eigenvalue weighted by Crippen LogP contribution is 2.24. The van der Waals surface area contributed by atoms with Gasteiger partial charge in [0.2, 0.25) is 0 Å². The van der Waals surface area contributed by atoms with Gasteiger partial charge in [-0.3, -0.25) is 5.43 Å². The molecule has 0 unspecified atom stereocenters. The fourth-order valence-electron chi connectivity index (χ4n) is 2.78. The summed E-state index contributed by atoms with van der Waals surface area (Å²) < 4.78 is 11.2. The van der Waals surface area contributed by atoms with Crippen molar-refractivity contribution in [2.75, 3.05) is 13.2 Å². The fraction of sp³-hybridized carbons (Fsp3) is 0.556. The van der Waals surface area contributed by atoms with Crippen molar-refractivity contribution in [1.82, 2.24) is 10.7 Å². The molecule has 1 aliphatic rings. The molecule has 0 aliphatic heterocycles. The van der Waals surface area contributed by atoms with Crippen LogP contribution >= 0.6 is 12.2 Å². The summed E-state index contributed by atoms with van der Waals surface area (Å²) in [5.74, 6) is 1.54. The first-order valence-corrected chi connectivity index (χ1v) is 9.13. The molecule has 0 amide bonds. The second kappa shape index (κ2) is 10.1. The molecule has 0 radical (unpaired) electrons. The lowest BCUT2D eigenvalue weighted by Gasteiger charge is -2.23. The summed E-state index contributed by atoms with van der Waals surface area (Å²) in [7, 11) is 0. The van der Waals surface area contributed by atoms with E-state index in [4.69, 9.17) is 21.7 Å². The first kappa shape index (κ1) is 18.5. The topological polar surface area (TPSA) is 54.9 Å². The van der Waals surface area contributed by atoms with Gasteiger partial charge in [-0.15, -0.1) is 0 Å². The molecule has 0 saturated heterocycles. The Balaban J connectivity index is 1.90. The molecular weight excluding hydrogens is 322 g/mol. The molecule has 1 aromatic carbocycles. The lowest BCUT2D eigenvalue weighted by atomic mass is 9.96. The monoisotopic (exact) mass is 349 g/mol. The second-order valence-corrected chi connectivity index (χ2v) is 6.15. The molecule has 0 spiro atoms. The van der Waals surface area contributed by atoms with Crippen LogP contribution < -0.4 is 20.2 Å². The van der Waals surface area contributed by atoms with Crippen molar-refractivity contribution in [3.8, 4) is 11.5 Å². The third kappa shape index (κ3) is 6.00. The van der Waals surface area contributed by atoms with E-state index in [2.05, 4.69) is 15.8 Å². The fourth-order valence-corrected chi connectivity index (χ4v) is 3.00. The molecule has 5 nitrogen and oxygen atoms in total. The number of ether oxygens (including phenoxy) is 2. The van der Waals surface area contributed by atoms with Crippen LogP contribution in [0, 0.1) is 0 Å². The summed E-state index contributed by atoms with van der Waals surface area (Å²) in [5, 5.41) is 8.12. The molecule has 1 aliphatic carbocycles. The van der Waals surface area contributed by atoms with Crippen LogP contribution in [-0.4, -0.2) is 30.6 Å². The first-order chi connectivity index (χ1) is 11.7. The Morgan fingerprint density at radius 1 is 1.21 bits per heavy atom. The third-order valence-corrected chi connectivity index (χ3v) is 4.12. The minimum Gasteiger partial charge on any atom is -0.494 e. The standard InChI is InChI=1S/C18H27N3O2S/c1-3-22-16-11-10-14(17(12-16)23-4-2)13-19-21-18(24)20-15-8-6-5-7-9-15/h10-13,15H,3-9H2,1-2H3,(H2,20,21,24)/b19-13-. The molecule has 2 N–H and O–H groups in total. The van der Waals surface area contributed by atoms with E-state index in [0.29, 0.717) is 24.4 Å². The molecule has 6 heteroatoms. The Morgan fingerprint density at radius 3 is 2.67 bits per heavy atom. The number of thiocarbonyl (C=S) groups is 1. The van der Waals surface area contributed by atoms with Crippen molar-refractivity contribution in [3.05, 3.63) is 23.8 Å². The van der Waals surface area contributed by atoms with Crippen LogP contribution in [0.4, 0.5) is 0 Å². The number of hydrazone groups is 1. The van der Waals surface area contributed by atoms with Crippen molar-refractivity contribution in [2.45, 2.75) is 52.0 Å². The molecule has 24 heavy (non-hydrogen) atoms. The van der Waals surface area contributed by atoms with Gasteiger partial charge in [-0.1, -0.05) is 19.3 Å². The number of hydrogen-bond acceptors (Lipinski definition) is 4. The number of benzene rings is 1. The van der Waals surface area contributed by atoms with Gasteiger partial charge in [-0.05, 0) is 51.0 Å². The number of nitrogens with zero attached hydrogens (tertiary/aromatic N) is 1. The van der Waals surface area contributed by atoms with Gasteiger partial charge in [0.1, 0.15) is 11.5 Å². The van der Waals surface area contributed by atoms with Crippen molar-refractivity contribution in [1.29, 1.82) is 0 Å². The van der Waals surface area contributed by atoms with Crippen molar-refractivity contribution in [2.24, 2.45) is 5.10 Å². The van der Waals surface area contributed by atoms with E-state index in [1.165, 1.54) is 32.1 Å². The van der Waals surface area contributed by atoms with Gasteiger partial charge in [0.05, 0.1) is 19.4 Å². The second-order valence-electron chi connectivity index (χ2n) is 5.74. The molecule has 2 rings (SSSR count). The Kier molecular flexibility index (Phi) is 7.82. The lowest BCUT2D eigenvalue weighted by Crippen LogP contribution is -2.40. The smallest absolute Gasteiger partial charge is 0.187 e. The number of hydrogen-bond donors (Lipinski definition) is 2. The van der Waals surface area contributed by atoms with E-state index in [0.717, 1.165) is 17.1 Å². The SMILES string of the molecule is CCOc1ccc(/C=N\NC(=S)NC2CCCCC2)c(OCC)c1. The zero-order valence-corrected chi connectivity index (χ0v) is 15.3. The van der Waals surface area contributed by atoms with Crippen molar-refractivity contribution >= 4 is 23.5 Å². The Hall–Kier alpha value is -1.82. The quantitative estimate of drug-likeness (QED) is 0.447. The molecule has 0 heterocycles. The van der Waals surface area contributed by atoms with Crippen LogP contribution in [-0.2, 0) is 0 Å². The van der Waals surface area contributed by atoms with E-state index >= 15 is 0 Å². The van der Waals surface area contributed by atoms with Gasteiger partial charge in [-0.25, -0.2) is 0 Å². The van der Waals surface area contributed by atoms with Crippen molar-refractivity contribution < 1.29 is 9.47 Å². The van der Waals surface area contributed by atoms with Crippen molar-refractivity contribution in [3.63, 3.8) is 0 Å². The molecule has 1 aromatic rings. The molecule has 1 fully saturated rings. The van der Waals surface area contributed by atoms with E-state index in [9.17, 15) is 0 Å². The maximum absolute atomic E-state index is 5.66. The summed E-state index contributed by atoms with van der Waals surface area (Å²) in [6, 6.07) is 6.19. The molecule has 0 bridgehead atoms. The normalized spacial score (nSPS) is 15.2. The van der Waals surface area contributed by atoms with E-state index < -0.39 is 0 Å². The Morgan fingerprint density at radius 2 is 1.96 bits per heavy atom. The van der Waals surface area contributed by atoms with Crippen LogP contribution in [0.1, 0.15) is 51.5 Å². The summed E-state index contributed by atoms with van der Waals surface area (Å²) in [4.78, 5) is 0. The molecule has 0 atom stereocenters. The molecule has 1 saturated carbocycles. The highest BCUT2D eigenvalue weighted by molar-refractivity contribution is 7.80. The van der Waals surface area contributed by atoms with Gasteiger partial charge in [0.15, 0.2) is 5.11 Å². The average Bonchev–Trinajstić information content (AvgIpc) is 2.58. The predicted molar refractivity (Wildman–Crippen MR) is 102 cm³/mol. The summed E-state index contributed by atoms with van der Waals surface area (Å²) in [5.41, 5.74) is 3.77. The minimum absolute atomic E-state index is 0.471. The first-order valence-electron chi connectivity index (χ1n) is 8.72. The van der Waals surface area contributed by atoms with Crippen LogP contribution in [0.25, 0.3) is 0 Å². The minimum atomic E-state index is 0.471. The largest absolute Gasteiger partial charge is 0.494 e. The average molecular weight is 350 g/mol. The van der Waals surface area contributed by atoms with Crippen LogP contribution in [0.2, 0.25) is 0 Å². The number of rotatable bonds is 7. The highest BCUT2D eigenvalue weighted by atomic mass is 32.1. The Labute approximate surface area is 149 Å². The van der Waals surface area contributed by atoms with Gasteiger partial charge in [0.25, 0.3) is 0 Å². The van der Waals surface area contributed by atoms with Crippen LogP contribution in [0.5, 0.6) is 11.5 Å². The maximum Gasteiger partial charge on any atom is 0.187 e. The summed E-state index contributed by atoms with van der Waals surface area (Å²) in [6.45, 7) is 5.13. The summed E-state index contributed by atoms with van der Waals surface area (Å²) in [6.07, 6.45) is 7.95. The zero-order valence-electron chi connectivity index (χ0n) is 14.5. The highest BCUT2D eigenvalue weighted by Gasteiger charge is 2.13. The van der Waals surface area contributed by atoms with Gasteiger partial charge < -0.3 is 14.8 Å². The van der Waals surface area contributed by atoms with E-state index in [1.54, 1.807) is 6.21 Å². The molecular formula is C18H27N3O2S. The lowest BCUT2D eigenvalue weighted by molar-refractivity contribution is 0.323. The molecule has 132 valence electrons. The molecule has 0 aromatic heterocycles. The van der Waals surface area contributed by atoms with E-state index in [-0.39, 0.29) is 0 Å². The van der Waals surface area contributed by atoms with Crippen LogP contribution in [0.3, 0.4) is 0 Å².